The summed E-state index contributed by atoms with van der Waals surface area (Å²) in [5.41, 5.74) is -0.0521. The summed E-state index contributed by atoms with van der Waals surface area (Å²) < 4.78 is 82.5. The maximum Gasteiger partial charge on any atom is 0.333 e. The molecule has 0 saturated heterocycles. The van der Waals surface area contributed by atoms with Crippen molar-refractivity contribution in [2.45, 2.75) is 44.6 Å². The zero-order valence-electron chi connectivity index (χ0n) is 17.9. The van der Waals surface area contributed by atoms with Gasteiger partial charge in [0.05, 0.1) is 23.1 Å². The third-order valence-electron chi connectivity index (χ3n) is 5.98. The molecule has 0 bridgehead atoms. The molecular formula is C23H20F6N4O. The second-order valence-electron chi connectivity index (χ2n) is 8.37. The van der Waals surface area contributed by atoms with Crippen LogP contribution in [0.25, 0.3) is 11.1 Å². The lowest BCUT2D eigenvalue weighted by atomic mass is 9.75. The van der Waals surface area contributed by atoms with E-state index in [0.29, 0.717) is 0 Å². The molecule has 34 heavy (non-hydrogen) atoms. The van der Waals surface area contributed by atoms with Gasteiger partial charge in [-0.3, -0.25) is 9.78 Å². The Hall–Kier alpha value is -3.37. The molecule has 0 aliphatic heterocycles. The molecule has 0 spiro atoms. The van der Waals surface area contributed by atoms with Crippen LogP contribution >= 0.6 is 0 Å². The molecule has 5 nitrogen and oxygen atoms in total. The lowest BCUT2D eigenvalue weighted by molar-refractivity contribution is -0.0558. The number of carbonyl (C=O) groups is 1. The van der Waals surface area contributed by atoms with Crippen molar-refractivity contribution in [3.63, 3.8) is 0 Å². The van der Waals surface area contributed by atoms with Crippen molar-refractivity contribution >= 4 is 11.6 Å². The van der Waals surface area contributed by atoms with E-state index in [1.165, 1.54) is 12.3 Å². The van der Waals surface area contributed by atoms with Gasteiger partial charge < -0.3 is 5.32 Å². The van der Waals surface area contributed by atoms with E-state index in [-0.39, 0.29) is 39.2 Å². The van der Waals surface area contributed by atoms with Gasteiger partial charge in [-0.15, -0.1) is 0 Å². The molecule has 1 aliphatic carbocycles. The van der Waals surface area contributed by atoms with Crippen LogP contribution < -0.4 is 5.32 Å². The molecule has 4 rings (SSSR count). The van der Waals surface area contributed by atoms with E-state index in [0.717, 1.165) is 30.6 Å². The quantitative estimate of drug-likeness (QED) is 0.428. The second kappa shape index (κ2) is 9.11. The number of hydrogen-bond donors (Lipinski definition) is 1. The summed E-state index contributed by atoms with van der Waals surface area (Å²) in [5.74, 6) is -6.21. The number of aromatic nitrogens is 3. The van der Waals surface area contributed by atoms with Crippen LogP contribution in [0.2, 0.25) is 0 Å². The minimum Gasteiger partial charge on any atom is -0.320 e. The Morgan fingerprint density at radius 1 is 1.21 bits per heavy atom. The van der Waals surface area contributed by atoms with E-state index in [4.69, 9.17) is 0 Å². The lowest BCUT2D eigenvalue weighted by Crippen LogP contribution is -2.31. The number of benzene rings is 1. The van der Waals surface area contributed by atoms with E-state index < -0.39 is 54.7 Å². The molecule has 1 fully saturated rings. The van der Waals surface area contributed by atoms with E-state index >= 15 is 0 Å². The number of nitrogens with one attached hydrogen (secondary N) is 1. The maximum atomic E-state index is 14.6. The van der Waals surface area contributed by atoms with Crippen molar-refractivity contribution in [2.75, 3.05) is 5.32 Å². The Balaban J connectivity index is 1.80. The summed E-state index contributed by atoms with van der Waals surface area (Å²) in [6, 6.07) is 4.16. The highest BCUT2D eigenvalue weighted by Crippen LogP contribution is 2.47. The molecule has 1 aromatic carbocycles. The summed E-state index contributed by atoms with van der Waals surface area (Å²) in [7, 11) is 0. The van der Waals surface area contributed by atoms with Gasteiger partial charge in [-0.25, -0.2) is 22.2 Å². The number of alkyl halides is 4. The van der Waals surface area contributed by atoms with Gasteiger partial charge in [0.25, 0.3) is 5.91 Å². The standard InChI is InChI=1S/C23H20F6N4O/c1-12-9-23(28,29)6-4-15(12)19-20(32-21(34)13-10-31-33(11-13)22(26)27)16(5-7-30-19)17-8-14(24)2-3-18(17)25/h2-3,5,7-8,10-12,15,22H,4,6,9H2,1H3,(H,32,34)/t12-,15+/m1/s1. The van der Waals surface area contributed by atoms with Crippen LogP contribution in [0.5, 0.6) is 0 Å². The van der Waals surface area contributed by atoms with E-state index in [9.17, 15) is 31.1 Å². The Labute approximate surface area is 190 Å². The van der Waals surface area contributed by atoms with Gasteiger partial charge >= 0.3 is 6.55 Å². The summed E-state index contributed by atoms with van der Waals surface area (Å²) in [6.45, 7) is -1.33. The van der Waals surface area contributed by atoms with Crippen molar-refractivity contribution in [1.29, 1.82) is 0 Å². The van der Waals surface area contributed by atoms with E-state index in [1.54, 1.807) is 6.92 Å². The molecule has 1 aliphatic rings. The molecule has 180 valence electrons. The first-order valence-electron chi connectivity index (χ1n) is 10.5. The Morgan fingerprint density at radius 3 is 2.65 bits per heavy atom. The van der Waals surface area contributed by atoms with Gasteiger partial charge in [0.2, 0.25) is 5.92 Å². The maximum absolute atomic E-state index is 14.6. The third kappa shape index (κ3) is 4.78. The number of pyridine rings is 1. The van der Waals surface area contributed by atoms with Crippen molar-refractivity contribution < 1.29 is 31.1 Å². The van der Waals surface area contributed by atoms with Crippen LogP contribution in [0.15, 0.2) is 42.9 Å². The minimum absolute atomic E-state index is 0.00358. The summed E-state index contributed by atoms with van der Waals surface area (Å²) >= 11 is 0. The van der Waals surface area contributed by atoms with Crippen molar-refractivity contribution in [2.24, 2.45) is 5.92 Å². The number of rotatable bonds is 5. The highest BCUT2D eigenvalue weighted by Gasteiger charge is 2.41. The fourth-order valence-electron chi connectivity index (χ4n) is 4.34. The van der Waals surface area contributed by atoms with Crippen LogP contribution in [-0.2, 0) is 0 Å². The fourth-order valence-corrected chi connectivity index (χ4v) is 4.34. The first kappa shape index (κ1) is 23.8. The highest BCUT2D eigenvalue weighted by molar-refractivity contribution is 6.06. The predicted molar refractivity (Wildman–Crippen MR) is 112 cm³/mol. The van der Waals surface area contributed by atoms with Gasteiger partial charge in [-0.1, -0.05) is 6.92 Å². The summed E-state index contributed by atoms with van der Waals surface area (Å²) in [4.78, 5) is 17.2. The number of amides is 1. The second-order valence-corrected chi connectivity index (χ2v) is 8.37. The molecule has 1 saturated carbocycles. The van der Waals surface area contributed by atoms with Crippen LogP contribution in [0, 0.1) is 17.6 Å². The summed E-state index contributed by atoms with van der Waals surface area (Å²) in [6.07, 6.45) is 2.37. The number of nitrogens with zero attached hydrogens (tertiary/aromatic N) is 3. The first-order chi connectivity index (χ1) is 16.1. The zero-order valence-corrected chi connectivity index (χ0v) is 17.9. The average Bonchev–Trinajstić information content (AvgIpc) is 3.26. The highest BCUT2D eigenvalue weighted by atomic mass is 19.3. The number of halogens is 6. The molecule has 0 unspecified atom stereocenters. The fraction of sp³-hybridized carbons (Fsp3) is 0.348. The molecule has 1 N–H and O–H groups in total. The molecule has 2 aromatic heterocycles. The van der Waals surface area contributed by atoms with Gasteiger partial charge in [0.1, 0.15) is 11.6 Å². The topological polar surface area (TPSA) is 59.8 Å². The normalized spacial score (nSPS) is 19.9. The van der Waals surface area contributed by atoms with Gasteiger partial charge in [-0.2, -0.15) is 13.9 Å². The number of anilines is 1. The molecule has 2 atom stereocenters. The molecule has 2 heterocycles. The summed E-state index contributed by atoms with van der Waals surface area (Å²) in [5, 5.41) is 5.98. The van der Waals surface area contributed by atoms with Crippen molar-refractivity contribution in [3.8, 4) is 11.1 Å². The number of hydrogen-bond acceptors (Lipinski definition) is 3. The first-order valence-corrected chi connectivity index (χ1v) is 10.5. The zero-order chi connectivity index (χ0) is 24.6. The van der Waals surface area contributed by atoms with E-state index in [2.05, 4.69) is 15.4 Å². The lowest BCUT2D eigenvalue weighted by Gasteiger charge is -2.34. The largest absolute Gasteiger partial charge is 0.333 e. The molecule has 0 radical (unpaired) electrons. The van der Waals surface area contributed by atoms with Crippen LogP contribution in [0.3, 0.4) is 0 Å². The molecule has 11 heteroatoms. The molecular weight excluding hydrogens is 462 g/mol. The van der Waals surface area contributed by atoms with Gasteiger partial charge in [-0.05, 0) is 36.6 Å². The monoisotopic (exact) mass is 482 g/mol. The van der Waals surface area contributed by atoms with Crippen molar-refractivity contribution in [1.82, 2.24) is 14.8 Å². The Kier molecular flexibility index (Phi) is 6.37. The third-order valence-corrected chi connectivity index (χ3v) is 5.98. The number of carbonyl (C=O) groups excluding carboxylic acids is 1. The van der Waals surface area contributed by atoms with Crippen molar-refractivity contribution in [3.05, 3.63) is 65.7 Å². The van der Waals surface area contributed by atoms with Crippen LogP contribution in [0.4, 0.5) is 32.0 Å². The smallest absolute Gasteiger partial charge is 0.320 e. The van der Waals surface area contributed by atoms with Crippen LogP contribution in [-0.4, -0.2) is 26.6 Å². The predicted octanol–water partition coefficient (Wildman–Crippen LogP) is 6.41. The SMILES string of the molecule is C[C@@H]1CC(F)(F)CC[C@@H]1c1nccc(-c2cc(F)ccc2F)c1NC(=O)c1cnn(C(F)F)c1. The van der Waals surface area contributed by atoms with Crippen LogP contribution in [0.1, 0.15) is 54.7 Å². The van der Waals surface area contributed by atoms with Gasteiger partial charge in [0, 0.05) is 42.3 Å². The minimum atomic E-state index is -2.96. The Morgan fingerprint density at radius 2 is 1.97 bits per heavy atom. The average molecular weight is 482 g/mol. The Bertz CT molecular complexity index is 1210. The van der Waals surface area contributed by atoms with Gasteiger partial charge in [0.15, 0.2) is 0 Å². The van der Waals surface area contributed by atoms with E-state index in [1.807, 2.05) is 0 Å². The molecule has 1 amide bonds. The molecule has 3 aromatic rings.